The molecule has 0 saturated heterocycles. The van der Waals surface area contributed by atoms with Crippen LogP contribution in [0.1, 0.15) is 6.42 Å². The SMILES string of the molecule is N#CCCSc1ccccc1NC[C@H](O)COc1ccccc1F. The van der Waals surface area contributed by atoms with Crippen LogP contribution in [0.3, 0.4) is 0 Å². The maximum absolute atomic E-state index is 13.4. The van der Waals surface area contributed by atoms with Crippen molar-refractivity contribution in [2.24, 2.45) is 0 Å². The Bertz CT molecular complexity index is 691. The molecule has 0 unspecified atom stereocenters. The third-order valence-corrected chi connectivity index (χ3v) is 4.23. The van der Waals surface area contributed by atoms with Crippen LogP contribution in [-0.2, 0) is 0 Å². The first-order valence-electron chi connectivity index (χ1n) is 7.58. The molecule has 0 bridgehead atoms. The number of benzene rings is 2. The highest BCUT2D eigenvalue weighted by molar-refractivity contribution is 7.99. The van der Waals surface area contributed by atoms with Crippen LogP contribution in [0.4, 0.5) is 10.1 Å². The van der Waals surface area contributed by atoms with Gasteiger partial charge in [-0.25, -0.2) is 4.39 Å². The second-order valence-electron chi connectivity index (χ2n) is 5.03. The Labute approximate surface area is 145 Å². The van der Waals surface area contributed by atoms with Crippen molar-refractivity contribution in [1.82, 2.24) is 0 Å². The number of aliphatic hydroxyl groups is 1. The molecule has 0 fully saturated rings. The Balaban J connectivity index is 1.82. The molecule has 6 heteroatoms. The van der Waals surface area contributed by atoms with E-state index in [1.54, 1.807) is 23.9 Å². The van der Waals surface area contributed by atoms with Gasteiger partial charge in [0.25, 0.3) is 0 Å². The number of nitriles is 1. The fraction of sp³-hybridized carbons (Fsp3) is 0.278. The summed E-state index contributed by atoms with van der Waals surface area (Å²) < 4.78 is 18.7. The summed E-state index contributed by atoms with van der Waals surface area (Å²) in [6, 6.07) is 15.9. The molecule has 0 heterocycles. The fourth-order valence-electron chi connectivity index (χ4n) is 1.98. The fourth-order valence-corrected chi connectivity index (χ4v) is 2.86. The summed E-state index contributed by atoms with van der Waals surface area (Å²) in [4.78, 5) is 1.02. The summed E-state index contributed by atoms with van der Waals surface area (Å²) in [7, 11) is 0. The largest absolute Gasteiger partial charge is 0.488 e. The number of hydrogen-bond acceptors (Lipinski definition) is 5. The number of thioether (sulfide) groups is 1. The van der Waals surface area contributed by atoms with Crippen LogP contribution in [0.5, 0.6) is 5.75 Å². The van der Waals surface area contributed by atoms with E-state index < -0.39 is 11.9 Å². The molecule has 24 heavy (non-hydrogen) atoms. The second kappa shape index (κ2) is 9.81. The highest BCUT2D eigenvalue weighted by Gasteiger charge is 2.09. The molecular formula is C18H19FN2O2S. The van der Waals surface area contributed by atoms with Gasteiger partial charge in [0.1, 0.15) is 12.7 Å². The van der Waals surface area contributed by atoms with Crippen LogP contribution in [-0.4, -0.2) is 30.1 Å². The van der Waals surface area contributed by atoms with Gasteiger partial charge in [-0.1, -0.05) is 24.3 Å². The van der Waals surface area contributed by atoms with Gasteiger partial charge in [0.05, 0.1) is 6.07 Å². The smallest absolute Gasteiger partial charge is 0.165 e. The van der Waals surface area contributed by atoms with Gasteiger partial charge in [0, 0.05) is 29.3 Å². The Morgan fingerprint density at radius 1 is 1.21 bits per heavy atom. The average Bonchev–Trinajstić information content (AvgIpc) is 2.60. The van der Waals surface area contributed by atoms with Crippen molar-refractivity contribution in [2.45, 2.75) is 17.4 Å². The summed E-state index contributed by atoms with van der Waals surface area (Å²) >= 11 is 1.59. The van der Waals surface area contributed by atoms with Crippen molar-refractivity contribution in [1.29, 1.82) is 5.26 Å². The first-order chi connectivity index (χ1) is 11.7. The summed E-state index contributed by atoms with van der Waals surface area (Å²) in [5.74, 6) is 0.398. The minimum atomic E-state index is -0.776. The number of ether oxygens (including phenoxy) is 1. The molecule has 0 spiro atoms. The van der Waals surface area contributed by atoms with Crippen molar-refractivity contribution in [2.75, 3.05) is 24.2 Å². The molecule has 0 aliphatic rings. The number of rotatable bonds is 9. The Morgan fingerprint density at radius 2 is 1.96 bits per heavy atom. The van der Waals surface area contributed by atoms with E-state index in [0.29, 0.717) is 12.2 Å². The van der Waals surface area contributed by atoms with E-state index in [2.05, 4.69) is 11.4 Å². The predicted molar refractivity (Wildman–Crippen MR) is 93.8 cm³/mol. The van der Waals surface area contributed by atoms with Gasteiger partial charge >= 0.3 is 0 Å². The van der Waals surface area contributed by atoms with Crippen molar-refractivity contribution in [3.05, 3.63) is 54.3 Å². The maximum Gasteiger partial charge on any atom is 0.165 e. The predicted octanol–water partition coefficient (Wildman–Crippen LogP) is 3.68. The summed E-state index contributed by atoms with van der Waals surface area (Å²) in [5.41, 5.74) is 0.894. The molecule has 0 amide bonds. The molecule has 0 aliphatic heterocycles. The van der Waals surface area contributed by atoms with Gasteiger partial charge in [-0.15, -0.1) is 11.8 Å². The molecular weight excluding hydrogens is 327 g/mol. The zero-order valence-corrected chi connectivity index (χ0v) is 13.9. The standard InChI is InChI=1S/C18H19FN2O2S/c19-15-6-1-3-8-17(15)23-13-14(22)12-21-16-7-2-4-9-18(16)24-11-5-10-20/h1-4,6-9,14,21-22H,5,11-13H2/t14-/m0/s1. The maximum atomic E-state index is 13.4. The van der Waals surface area contributed by atoms with Gasteiger partial charge in [-0.3, -0.25) is 0 Å². The van der Waals surface area contributed by atoms with Crippen LogP contribution >= 0.6 is 11.8 Å². The number of para-hydroxylation sites is 2. The van der Waals surface area contributed by atoms with Crippen LogP contribution in [0.25, 0.3) is 0 Å². The van der Waals surface area contributed by atoms with E-state index >= 15 is 0 Å². The number of anilines is 1. The molecule has 126 valence electrons. The van der Waals surface area contributed by atoms with Gasteiger partial charge in [0.2, 0.25) is 0 Å². The Kier molecular flexibility index (Phi) is 7.40. The highest BCUT2D eigenvalue weighted by atomic mass is 32.2. The number of nitrogens with zero attached hydrogens (tertiary/aromatic N) is 1. The molecule has 4 nitrogen and oxygen atoms in total. The van der Waals surface area contributed by atoms with E-state index in [1.165, 1.54) is 12.1 Å². The van der Waals surface area contributed by atoms with Crippen LogP contribution in [0.15, 0.2) is 53.4 Å². The van der Waals surface area contributed by atoms with Crippen molar-refractivity contribution in [3.63, 3.8) is 0 Å². The topological polar surface area (TPSA) is 65.3 Å². The monoisotopic (exact) mass is 346 g/mol. The van der Waals surface area contributed by atoms with Gasteiger partial charge < -0.3 is 15.2 Å². The minimum absolute atomic E-state index is 0.00231. The number of halogens is 1. The molecule has 0 aliphatic carbocycles. The Hall–Kier alpha value is -2.23. The third-order valence-electron chi connectivity index (χ3n) is 3.15. The lowest BCUT2D eigenvalue weighted by atomic mass is 10.3. The summed E-state index contributed by atoms with van der Waals surface area (Å²) in [6.07, 6.45) is -0.292. The van der Waals surface area contributed by atoms with Crippen molar-refractivity contribution >= 4 is 17.4 Å². The molecule has 0 saturated carbocycles. The first-order valence-corrected chi connectivity index (χ1v) is 8.57. The Morgan fingerprint density at radius 3 is 2.75 bits per heavy atom. The van der Waals surface area contributed by atoms with Crippen LogP contribution in [0, 0.1) is 17.1 Å². The zero-order valence-electron chi connectivity index (χ0n) is 13.1. The number of aliphatic hydroxyl groups excluding tert-OH is 1. The highest BCUT2D eigenvalue weighted by Crippen LogP contribution is 2.27. The molecule has 2 rings (SSSR count). The normalized spacial score (nSPS) is 11.5. The van der Waals surface area contributed by atoms with Gasteiger partial charge in [0.15, 0.2) is 11.6 Å². The van der Waals surface area contributed by atoms with Crippen LogP contribution in [0.2, 0.25) is 0 Å². The van der Waals surface area contributed by atoms with Gasteiger partial charge in [-0.2, -0.15) is 5.26 Å². The summed E-state index contributed by atoms with van der Waals surface area (Å²) in [6.45, 7) is 0.280. The third kappa shape index (κ3) is 5.76. The summed E-state index contributed by atoms with van der Waals surface area (Å²) in [5, 5.41) is 21.8. The molecule has 2 aromatic carbocycles. The molecule has 0 radical (unpaired) electrons. The molecule has 2 N–H and O–H groups in total. The molecule has 0 aromatic heterocycles. The van der Waals surface area contributed by atoms with Crippen molar-refractivity contribution in [3.8, 4) is 11.8 Å². The van der Waals surface area contributed by atoms with E-state index in [1.807, 2.05) is 24.3 Å². The lowest BCUT2D eigenvalue weighted by molar-refractivity contribution is 0.115. The van der Waals surface area contributed by atoms with Gasteiger partial charge in [-0.05, 0) is 24.3 Å². The lowest BCUT2D eigenvalue weighted by Crippen LogP contribution is -2.26. The quantitative estimate of drug-likeness (QED) is 0.535. The van der Waals surface area contributed by atoms with Crippen molar-refractivity contribution < 1.29 is 14.2 Å². The average molecular weight is 346 g/mol. The van der Waals surface area contributed by atoms with E-state index in [0.717, 1.165) is 10.6 Å². The minimum Gasteiger partial charge on any atom is -0.488 e. The van der Waals surface area contributed by atoms with E-state index in [9.17, 15) is 9.50 Å². The lowest BCUT2D eigenvalue weighted by Gasteiger charge is -2.16. The first kappa shape index (κ1) is 18.1. The number of nitrogens with one attached hydrogen (secondary N) is 1. The molecule has 2 aromatic rings. The zero-order chi connectivity index (χ0) is 17.2. The van der Waals surface area contributed by atoms with Crippen LogP contribution < -0.4 is 10.1 Å². The van der Waals surface area contributed by atoms with E-state index in [-0.39, 0.29) is 18.9 Å². The molecule has 1 atom stereocenters. The number of hydrogen-bond donors (Lipinski definition) is 2. The van der Waals surface area contributed by atoms with E-state index in [4.69, 9.17) is 10.00 Å². The second-order valence-corrected chi connectivity index (χ2v) is 6.17.